The molecule has 0 radical (unpaired) electrons. The Balaban J connectivity index is 1.96. The second kappa shape index (κ2) is 9.68. The number of hydrogen-bond acceptors (Lipinski definition) is 4. The van der Waals surface area contributed by atoms with Crippen molar-refractivity contribution in [1.82, 2.24) is 10.9 Å². The van der Waals surface area contributed by atoms with Gasteiger partial charge in [0, 0.05) is 11.6 Å². The Morgan fingerprint density at radius 3 is 2.46 bits per heavy atom. The lowest BCUT2D eigenvalue weighted by Crippen LogP contribution is -2.40. The Labute approximate surface area is 152 Å². The summed E-state index contributed by atoms with van der Waals surface area (Å²) in [5, 5.41) is 0. The first kappa shape index (κ1) is 18.8. The van der Waals surface area contributed by atoms with Gasteiger partial charge in [-0.2, -0.15) is 0 Å². The fraction of sp³-hybridized carbons (Fsp3) is 0.100. The van der Waals surface area contributed by atoms with Crippen LogP contribution in [0.15, 0.2) is 67.3 Å². The Morgan fingerprint density at radius 2 is 1.73 bits per heavy atom. The van der Waals surface area contributed by atoms with E-state index in [0.29, 0.717) is 17.1 Å². The van der Waals surface area contributed by atoms with Crippen LogP contribution in [0.25, 0.3) is 6.08 Å². The number of rotatable bonds is 7. The molecule has 0 fully saturated rings. The van der Waals surface area contributed by atoms with E-state index in [0.717, 1.165) is 5.56 Å². The molecule has 0 aromatic heterocycles. The van der Waals surface area contributed by atoms with Crippen molar-refractivity contribution in [3.05, 3.63) is 78.4 Å². The number of carbonyl (C=O) groups excluding carboxylic acids is 2. The van der Waals surface area contributed by atoms with Gasteiger partial charge in [-0.05, 0) is 24.3 Å². The van der Waals surface area contributed by atoms with Gasteiger partial charge in [-0.25, -0.2) is 0 Å². The molecule has 2 aromatic carbocycles. The molecule has 0 aliphatic rings. The van der Waals surface area contributed by atoms with Crippen LogP contribution in [0.4, 0.5) is 0 Å². The molecule has 0 aliphatic heterocycles. The third kappa shape index (κ3) is 5.24. The maximum atomic E-state index is 12.2. The van der Waals surface area contributed by atoms with E-state index in [9.17, 15) is 9.59 Å². The fourth-order valence-corrected chi connectivity index (χ4v) is 2.13. The molecule has 0 aliphatic carbocycles. The Bertz CT molecular complexity index is 815. The highest BCUT2D eigenvalue weighted by Gasteiger charge is 2.12. The zero-order valence-corrected chi connectivity index (χ0v) is 14.4. The van der Waals surface area contributed by atoms with E-state index >= 15 is 0 Å². The molecule has 0 saturated heterocycles. The van der Waals surface area contributed by atoms with Crippen molar-refractivity contribution in [2.24, 2.45) is 0 Å². The van der Waals surface area contributed by atoms with Crippen LogP contribution in [0, 0.1) is 0 Å². The van der Waals surface area contributed by atoms with Crippen LogP contribution in [0.5, 0.6) is 11.5 Å². The van der Waals surface area contributed by atoms with Gasteiger partial charge in [-0.3, -0.25) is 20.4 Å². The zero-order valence-electron chi connectivity index (χ0n) is 14.4. The summed E-state index contributed by atoms with van der Waals surface area (Å²) in [5.74, 6) is 0.0926. The molecule has 6 heteroatoms. The highest BCUT2D eigenvalue weighted by atomic mass is 16.5. The van der Waals surface area contributed by atoms with Crippen molar-refractivity contribution in [3.63, 3.8) is 0 Å². The molecule has 2 N–H and O–H groups in total. The lowest BCUT2D eigenvalue weighted by atomic mass is 10.2. The molecule has 0 unspecified atom stereocenters. The molecule has 0 atom stereocenters. The summed E-state index contributed by atoms with van der Waals surface area (Å²) in [6, 6.07) is 14.0. The van der Waals surface area contributed by atoms with E-state index in [4.69, 9.17) is 9.47 Å². The van der Waals surface area contributed by atoms with E-state index in [1.165, 1.54) is 6.08 Å². The van der Waals surface area contributed by atoms with E-state index < -0.39 is 11.8 Å². The number of carbonyl (C=O) groups is 2. The quantitative estimate of drug-likeness (QED) is 0.456. The van der Waals surface area contributed by atoms with E-state index in [-0.39, 0.29) is 6.61 Å². The van der Waals surface area contributed by atoms with Crippen LogP contribution in [0.2, 0.25) is 0 Å². The predicted octanol–water partition coefficient (Wildman–Crippen LogP) is 2.73. The minimum Gasteiger partial charge on any atom is -0.496 e. The van der Waals surface area contributed by atoms with Crippen molar-refractivity contribution in [1.29, 1.82) is 0 Å². The topological polar surface area (TPSA) is 76.7 Å². The summed E-state index contributed by atoms with van der Waals surface area (Å²) in [6.45, 7) is 3.84. The second-order valence-electron chi connectivity index (χ2n) is 5.11. The molecule has 0 saturated carbocycles. The summed E-state index contributed by atoms with van der Waals surface area (Å²) in [4.78, 5) is 24.1. The number of nitrogens with one attached hydrogen (secondary N) is 2. The Kier molecular flexibility index (Phi) is 7.00. The smallest absolute Gasteiger partial charge is 0.273 e. The maximum absolute atomic E-state index is 12.2. The van der Waals surface area contributed by atoms with Gasteiger partial charge < -0.3 is 9.47 Å². The summed E-state index contributed by atoms with van der Waals surface area (Å²) >= 11 is 0. The second-order valence-corrected chi connectivity index (χ2v) is 5.11. The molecule has 6 nitrogen and oxygen atoms in total. The Hall–Kier alpha value is -3.54. The van der Waals surface area contributed by atoms with Gasteiger partial charge in [0.05, 0.1) is 12.7 Å². The molecule has 2 rings (SSSR count). The number of hydrazine groups is 1. The number of methoxy groups -OCH3 is 1. The van der Waals surface area contributed by atoms with Crippen LogP contribution in [-0.4, -0.2) is 25.5 Å². The van der Waals surface area contributed by atoms with Gasteiger partial charge in [-0.15, -0.1) is 0 Å². The first-order valence-corrected chi connectivity index (χ1v) is 7.90. The largest absolute Gasteiger partial charge is 0.496 e. The standard InChI is InChI=1S/C20H20N2O4/c1-3-14-26-18-11-7-5-9-16(18)20(24)22-21-19(23)13-12-15-8-4-6-10-17(15)25-2/h3-13H,1,14H2,2H3,(H,21,23)(H,22,24)/b13-12+. The lowest BCUT2D eigenvalue weighted by Gasteiger charge is -2.10. The average molecular weight is 352 g/mol. The number of para-hydroxylation sites is 2. The van der Waals surface area contributed by atoms with Gasteiger partial charge in [-0.1, -0.05) is 43.0 Å². The summed E-state index contributed by atoms with van der Waals surface area (Å²) < 4.78 is 10.6. The van der Waals surface area contributed by atoms with Gasteiger partial charge in [0.1, 0.15) is 18.1 Å². The minimum absolute atomic E-state index is 0.276. The number of hydrogen-bond donors (Lipinski definition) is 2. The van der Waals surface area contributed by atoms with Crippen molar-refractivity contribution >= 4 is 17.9 Å². The van der Waals surface area contributed by atoms with Gasteiger partial charge in [0.2, 0.25) is 0 Å². The van der Waals surface area contributed by atoms with Crippen molar-refractivity contribution in [2.45, 2.75) is 0 Å². The predicted molar refractivity (Wildman–Crippen MR) is 99.8 cm³/mol. The van der Waals surface area contributed by atoms with E-state index in [1.54, 1.807) is 49.6 Å². The normalized spacial score (nSPS) is 10.2. The molecule has 0 bridgehead atoms. The molecule has 2 amide bonds. The van der Waals surface area contributed by atoms with E-state index in [2.05, 4.69) is 17.4 Å². The van der Waals surface area contributed by atoms with Crippen molar-refractivity contribution < 1.29 is 19.1 Å². The summed E-state index contributed by atoms with van der Waals surface area (Å²) in [7, 11) is 1.55. The van der Waals surface area contributed by atoms with Crippen LogP contribution in [0.3, 0.4) is 0 Å². The average Bonchev–Trinajstić information content (AvgIpc) is 2.69. The number of amides is 2. The monoisotopic (exact) mass is 352 g/mol. The first-order chi connectivity index (χ1) is 12.7. The van der Waals surface area contributed by atoms with Gasteiger partial charge in [0.15, 0.2) is 0 Å². The molecular formula is C20H20N2O4. The third-order valence-electron chi connectivity index (χ3n) is 3.34. The maximum Gasteiger partial charge on any atom is 0.273 e. The molecule has 0 heterocycles. The van der Waals surface area contributed by atoms with Crippen LogP contribution >= 0.6 is 0 Å². The molecule has 26 heavy (non-hydrogen) atoms. The Morgan fingerprint density at radius 1 is 1.04 bits per heavy atom. The van der Waals surface area contributed by atoms with Crippen LogP contribution < -0.4 is 20.3 Å². The van der Waals surface area contributed by atoms with E-state index in [1.807, 2.05) is 18.2 Å². The molecular weight excluding hydrogens is 332 g/mol. The van der Waals surface area contributed by atoms with Crippen molar-refractivity contribution in [3.8, 4) is 11.5 Å². The molecule has 134 valence electrons. The number of benzene rings is 2. The SMILES string of the molecule is C=CCOc1ccccc1C(=O)NNC(=O)/C=C/c1ccccc1OC. The highest BCUT2D eigenvalue weighted by molar-refractivity contribution is 5.99. The third-order valence-corrected chi connectivity index (χ3v) is 3.34. The summed E-state index contributed by atoms with van der Waals surface area (Å²) in [6.07, 6.45) is 4.48. The fourth-order valence-electron chi connectivity index (χ4n) is 2.13. The zero-order chi connectivity index (χ0) is 18.8. The van der Waals surface area contributed by atoms with Gasteiger partial charge >= 0.3 is 0 Å². The minimum atomic E-state index is -0.483. The molecule has 0 spiro atoms. The first-order valence-electron chi connectivity index (χ1n) is 7.90. The van der Waals surface area contributed by atoms with Gasteiger partial charge in [0.25, 0.3) is 11.8 Å². The lowest BCUT2D eigenvalue weighted by molar-refractivity contribution is -0.117. The number of ether oxygens (including phenoxy) is 2. The van der Waals surface area contributed by atoms with Crippen molar-refractivity contribution in [2.75, 3.05) is 13.7 Å². The summed E-state index contributed by atoms with van der Waals surface area (Å²) in [5.41, 5.74) is 5.74. The molecule has 2 aromatic rings. The highest BCUT2D eigenvalue weighted by Crippen LogP contribution is 2.19. The van der Waals surface area contributed by atoms with Crippen LogP contribution in [0.1, 0.15) is 15.9 Å². The van der Waals surface area contributed by atoms with Crippen LogP contribution in [-0.2, 0) is 4.79 Å².